The average molecular weight is 969 g/mol. The summed E-state index contributed by atoms with van der Waals surface area (Å²) < 4.78 is 108. The van der Waals surface area contributed by atoms with Crippen LogP contribution in [0.5, 0.6) is 11.5 Å². The molecule has 12 nitrogen and oxygen atoms in total. The molecule has 352 valence electrons. The lowest BCUT2D eigenvalue weighted by molar-refractivity contribution is -0.0435. The van der Waals surface area contributed by atoms with E-state index < -0.39 is 46.8 Å². The van der Waals surface area contributed by atoms with Gasteiger partial charge >= 0.3 is 5.51 Å². The Balaban J connectivity index is 1.10. The molecule has 7 rings (SSSR count). The molecule has 0 unspecified atom stereocenters. The third kappa shape index (κ3) is 12.0. The first kappa shape index (κ1) is 48.8. The molecule has 2 heterocycles. The number of nitrogens with zero attached hydrogens (tertiary/aromatic N) is 3. The Hall–Kier alpha value is -5.17. The minimum atomic E-state index is -6.02. The zero-order valence-corrected chi connectivity index (χ0v) is 39.1. The molecule has 0 aliphatic carbocycles. The number of hydrogen-bond donors (Lipinski definition) is 2. The molecular formula is C48H53ClF3N5O7S2. The molecule has 5 aromatic carbocycles. The fourth-order valence-electron chi connectivity index (χ4n) is 8.13. The van der Waals surface area contributed by atoms with Crippen molar-refractivity contribution in [3.63, 3.8) is 0 Å². The number of amides is 1. The first-order valence-corrected chi connectivity index (χ1v) is 25.0. The number of sulfonamides is 1. The van der Waals surface area contributed by atoms with Gasteiger partial charge in [0.25, 0.3) is 25.8 Å². The molecule has 0 aromatic heterocycles. The third-order valence-electron chi connectivity index (χ3n) is 11.8. The van der Waals surface area contributed by atoms with Crippen molar-refractivity contribution in [3.8, 4) is 22.6 Å². The second kappa shape index (κ2) is 21.2. The minimum Gasteiger partial charge on any atom is -0.456 e. The molecule has 0 saturated carbocycles. The molecule has 0 radical (unpaired) electrons. The lowest BCUT2D eigenvalue weighted by atomic mass is 9.92. The van der Waals surface area contributed by atoms with Crippen molar-refractivity contribution in [2.75, 3.05) is 76.8 Å². The summed E-state index contributed by atoms with van der Waals surface area (Å²) in [5.74, 6) is -0.749. The maximum absolute atomic E-state index is 13.9. The first-order valence-electron chi connectivity index (χ1n) is 21.7. The summed E-state index contributed by atoms with van der Waals surface area (Å²) in [6.07, 6.45) is 3.17. The molecule has 2 N–H and O–H groups in total. The van der Waals surface area contributed by atoms with E-state index in [-0.39, 0.29) is 23.8 Å². The number of ether oxygens (including phenoxy) is 2. The maximum atomic E-state index is 13.9. The van der Waals surface area contributed by atoms with Gasteiger partial charge in [-0.15, -0.1) is 0 Å². The number of nitrogens with one attached hydrogen (secondary N) is 2. The molecular weight excluding hydrogens is 915 g/mol. The van der Waals surface area contributed by atoms with E-state index in [1.807, 2.05) is 29.0 Å². The van der Waals surface area contributed by atoms with Crippen molar-refractivity contribution < 1.29 is 44.3 Å². The van der Waals surface area contributed by atoms with Gasteiger partial charge in [0.2, 0.25) is 0 Å². The van der Waals surface area contributed by atoms with E-state index in [0.717, 1.165) is 68.0 Å². The number of benzene rings is 5. The summed E-state index contributed by atoms with van der Waals surface area (Å²) in [5.41, 5.74) is -0.778. The van der Waals surface area contributed by atoms with Crippen LogP contribution < -0.4 is 19.7 Å². The zero-order valence-electron chi connectivity index (χ0n) is 36.7. The number of para-hydroxylation sites is 1. The Labute approximate surface area is 389 Å². The van der Waals surface area contributed by atoms with Crippen LogP contribution >= 0.6 is 11.6 Å². The van der Waals surface area contributed by atoms with Crippen molar-refractivity contribution in [3.05, 3.63) is 131 Å². The van der Waals surface area contributed by atoms with Crippen LogP contribution in [0.1, 0.15) is 40.7 Å². The molecule has 0 bridgehead atoms. The molecule has 18 heteroatoms. The Morgan fingerprint density at radius 3 is 2.26 bits per heavy atom. The van der Waals surface area contributed by atoms with Crippen LogP contribution in [-0.2, 0) is 37.6 Å². The van der Waals surface area contributed by atoms with Gasteiger partial charge in [-0.1, -0.05) is 60.1 Å². The molecule has 2 fully saturated rings. The maximum Gasteiger partial charge on any atom is 0.501 e. The van der Waals surface area contributed by atoms with E-state index in [9.17, 15) is 34.8 Å². The Morgan fingerprint density at radius 1 is 0.864 bits per heavy atom. The monoisotopic (exact) mass is 967 g/mol. The van der Waals surface area contributed by atoms with Crippen molar-refractivity contribution in [1.82, 2.24) is 14.5 Å². The highest BCUT2D eigenvalue weighted by atomic mass is 35.5. The third-order valence-corrected chi connectivity index (χ3v) is 14.9. The fraction of sp³-hybridized carbons (Fsp3) is 0.354. The molecule has 1 amide bonds. The fourth-order valence-corrected chi connectivity index (χ4v) is 10.3. The predicted molar refractivity (Wildman–Crippen MR) is 251 cm³/mol. The summed E-state index contributed by atoms with van der Waals surface area (Å²) in [4.78, 5) is 18.5. The van der Waals surface area contributed by atoms with Gasteiger partial charge in [0.1, 0.15) is 16.4 Å². The van der Waals surface area contributed by atoms with Crippen LogP contribution in [-0.4, -0.2) is 105 Å². The number of anilines is 2. The van der Waals surface area contributed by atoms with Crippen LogP contribution in [0.2, 0.25) is 5.02 Å². The van der Waals surface area contributed by atoms with Crippen LogP contribution in [0.4, 0.5) is 24.5 Å². The van der Waals surface area contributed by atoms with Gasteiger partial charge in [0.15, 0.2) is 0 Å². The number of rotatable bonds is 17. The number of aryl methyl sites for hydroxylation is 1. The Bertz CT molecular complexity index is 2700. The lowest BCUT2D eigenvalue weighted by Crippen LogP contribution is -2.46. The van der Waals surface area contributed by atoms with E-state index in [1.54, 1.807) is 42.5 Å². The van der Waals surface area contributed by atoms with Crippen molar-refractivity contribution in [2.24, 2.45) is 5.92 Å². The highest BCUT2D eigenvalue weighted by Crippen LogP contribution is 2.37. The quantitative estimate of drug-likeness (QED) is 0.0925. The normalized spacial score (nSPS) is 15.5. The van der Waals surface area contributed by atoms with Gasteiger partial charge in [-0.05, 0) is 129 Å². The van der Waals surface area contributed by atoms with Crippen molar-refractivity contribution in [1.29, 1.82) is 0 Å². The average Bonchev–Trinajstić information content (AvgIpc) is 3.29. The van der Waals surface area contributed by atoms with Gasteiger partial charge in [0, 0.05) is 69.3 Å². The zero-order chi connectivity index (χ0) is 47.1. The van der Waals surface area contributed by atoms with Gasteiger partial charge in [-0.2, -0.15) is 13.2 Å². The Morgan fingerprint density at radius 2 is 1.58 bits per heavy atom. The van der Waals surface area contributed by atoms with Crippen LogP contribution in [0.3, 0.4) is 0 Å². The van der Waals surface area contributed by atoms with E-state index in [4.69, 9.17) is 21.1 Å². The molecule has 0 atom stereocenters. The molecule has 2 aliphatic rings. The van der Waals surface area contributed by atoms with Crippen molar-refractivity contribution in [2.45, 2.75) is 47.5 Å². The first-order chi connectivity index (χ1) is 31.5. The summed E-state index contributed by atoms with van der Waals surface area (Å²) in [6, 6.07) is 30.0. The highest BCUT2D eigenvalue weighted by Gasteiger charge is 2.48. The number of piperazine rings is 1. The SMILES string of the molecule is CN(C)CCCc1cccc(-c2ccc(Cl)cc2)c1CN1CCN(c2ccc(C(=O)NS(=O)(=O)c3ccc(NCC4CCOCC4)c(S(=O)(=O)C(F)(F)F)c3)c(Oc3ccccc3)c2)CC1. The molecule has 0 spiro atoms. The summed E-state index contributed by atoms with van der Waals surface area (Å²) in [7, 11) is -6.81. The predicted octanol–water partition coefficient (Wildman–Crippen LogP) is 8.87. The van der Waals surface area contributed by atoms with Crippen LogP contribution in [0.15, 0.2) is 119 Å². The second-order valence-electron chi connectivity index (χ2n) is 16.7. The molecule has 5 aromatic rings. The van der Waals surface area contributed by atoms with E-state index >= 15 is 0 Å². The van der Waals surface area contributed by atoms with Gasteiger partial charge < -0.3 is 24.6 Å². The number of halogens is 4. The van der Waals surface area contributed by atoms with E-state index in [0.29, 0.717) is 56.0 Å². The number of hydrogen-bond acceptors (Lipinski definition) is 11. The van der Waals surface area contributed by atoms with Gasteiger partial charge in [-0.25, -0.2) is 21.6 Å². The van der Waals surface area contributed by atoms with E-state index in [1.165, 1.54) is 17.2 Å². The van der Waals surface area contributed by atoms with Crippen LogP contribution in [0, 0.1) is 5.92 Å². The smallest absolute Gasteiger partial charge is 0.456 e. The minimum absolute atomic E-state index is 0.00262. The van der Waals surface area contributed by atoms with Gasteiger partial charge in [0.05, 0.1) is 16.1 Å². The second-order valence-corrected chi connectivity index (χ2v) is 20.7. The molecule has 2 saturated heterocycles. The number of carbonyl (C=O) groups is 1. The number of alkyl halides is 3. The molecule has 2 aliphatic heterocycles. The topological polar surface area (TPSA) is 138 Å². The summed E-state index contributed by atoms with van der Waals surface area (Å²) in [5, 5.41) is 3.43. The Kier molecular flexibility index (Phi) is 15.7. The number of carbonyl (C=O) groups excluding carboxylic acids is 1. The standard InChI is InChI=1S/C48H53ClF3N5O7S2/c1-55(2)23-7-9-35-8-6-12-41(36-13-15-37(49)16-14-36)43(35)33-56-24-26-57(27-25-56)38-17-19-42(45(30-38)64-39-10-4-3-5-11-39)47(58)54-66(61,62)40-18-20-44(53-32-34-21-28-63-29-22-34)46(31-40)65(59,60)48(50,51)52/h3-6,8,10-20,30-31,34,53H,7,9,21-29,32-33H2,1-2H3,(H,54,58). The highest BCUT2D eigenvalue weighted by molar-refractivity contribution is 7.92. The van der Waals surface area contributed by atoms with Crippen LogP contribution in [0.25, 0.3) is 11.1 Å². The summed E-state index contributed by atoms with van der Waals surface area (Å²) in [6.45, 7) is 5.46. The van der Waals surface area contributed by atoms with Crippen molar-refractivity contribution >= 4 is 48.7 Å². The van der Waals surface area contributed by atoms with Gasteiger partial charge in [-0.3, -0.25) is 9.69 Å². The number of sulfone groups is 1. The summed E-state index contributed by atoms with van der Waals surface area (Å²) >= 11 is 6.25. The molecule has 66 heavy (non-hydrogen) atoms. The van der Waals surface area contributed by atoms with E-state index in [2.05, 4.69) is 52.3 Å². The lowest BCUT2D eigenvalue weighted by Gasteiger charge is -2.37. The largest absolute Gasteiger partial charge is 0.501 e.